The molecule has 1 unspecified atom stereocenters. The van der Waals surface area contributed by atoms with Crippen molar-refractivity contribution in [2.24, 2.45) is 5.92 Å². The number of carbonyl (C=O) groups excluding carboxylic acids is 1. The van der Waals surface area contributed by atoms with E-state index in [-0.39, 0.29) is 6.04 Å². The summed E-state index contributed by atoms with van der Waals surface area (Å²) in [5.41, 5.74) is 0. The van der Waals surface area contributed by atoms with Gasteiger partial charge in [-0.05, 0) is 31.6 Å². The zero-order chi connectivity index (χ0) is 10.8. The highest BCUT2D eigenvalue weighted by Gasteiger charge is 2.37. The summed E-state index contributed by atoms with van der Waals surface area (Å²) in [7, 11) is 0. The standard InChI is InChI=1S/C13H23NO/c1-10(2)9-14(11-7-8-11)12-5-3-4-6-13(12)15/h10-12H,3-9H2,1-2H3. The number of Topliss-reactive ketones (excluding diaryl/α,β-unsaturated/α-hetero) is 1. The predicted molar refractivity (Wildman–Crippen MR) is 61.8 cm³/mol. The van der Waals surface area contributed by atoms with E-state index < -0.39 is 0 Å². The SMILES string of the molecule is CC(C)CN(C1CC1)C1CCCCC1=O. The van der Waals surface area contributed by atoms with Gasteiger partial charge in [0.15, 0.2) is 0 Å². The lowest BCUT2D eigenvalue weighted by molar-refractivity contribution is -0.126. The van der Waals surface area contributed by atoms with Crippen LogP contribution in [-0.2, 0) is 4.79 Å². The summed E-state index contributed by atoms with van der Waals surface area (Å²) >= 11 is 0. The number of ketones is 1. The average molecular weight is 209 g/mol. The van der Waals surface area contributed by atoms with Crippen molar-refractivity contribution >= 4 is 5.78 Å². The molecule has 2 aliphatic rings. The van der Waals surface area contributed by atoms with Crippen LogP contribution >= 0.6 is 0 Å². The molecule has 0 heterocycles. The van der Waals surface area contributed by atoms with Crippen molar-refractivity contribution in [3.8, 4) is 0 Å². The molecule has 2 aliphatic carbocycles. The van der Waals surface area contributed by atoms with Gasteiger partial charge in [-0.15, -0.1) is 0 Å². The Kier molecular flexibility index (Phi) is 3.45. The molecule has 86 valence electrons. The Balaban J connectivity index is 1.98. The first-order valence-corrected chi connectivity index (χ1v) is 6.47. The molecule has 0 saturated heterocycles. The van der Waals surface area contributed by atoms with E-state index >= 15 is 0 Å². The molecule has 0 aromatic rings. The maximum absolute atomic E-state index is 11.9. The van der Waals surface area contributed by atoms with Gasteiger partial charge in [-0.25, -0.2) is 0 Å². The Bertz CT molecular complexity index is 233. The van der Waals surface area contributed by atoms with Crippen LogP contribution < -0.4 is 0 Å². The summed E-state index contributed by atoms with van der Waals surface area (Å²) in [6, 6.07) is 1.01. The maximum Gasteiger partial charge on any atom is 0.149 e. The second-order valence-electron chi connectivity index (χ2n) is 5.55. The Hall–Kier alpha value is -0.370. The van der Waals surface area contributed by atoms with Crippen LogP contribution in [0.5, 0.6) is 0 Å². The van der Waals surface area contributed by atoms with Gasteiger partial charge < -0.3 is 0 Å². The minimum absolute atomic E-state index is 0.272. The molecule has 1 atom stereocenters. The lowest BCUT2D eigenvalue weighted by Crippen LogP contribution is -2.45. The molecule has 0 aromatic heterocycles. The molecular weight excluding hydrogens is 186 g/mol. The molecule has 0 aliphatic heterocycles. The molecule has 0 bridgehead atoms. The lowest BCUT2D eigenvalue weighted by Gasteiger charge is -2.34. The van der Waals surface area contributed by atoms with Crippen LogP contribution in [0.1, 0.15) is 52.4 Å². The molecule has 15 heavy (non-hydrogen) atoms. The average Bonchev–Trinajstić information content (AvgIpc) is 2.98. The van der Waals surface area contributed by atoms with Gasteiger partial charge in [0, 0.05) is 19.0 Å². The normalized spacial score (nSPS) is 27.7. The summed E-state index contributed by atoms with van der Waals surface area (Å²) < 4.78 is 0. The van der Waals surface area contributed by atoms with E-state index in [0.29, 0.717) is 11.7 Å². The zero-order valence-corrected chi connectivity index (χ0v) is 10.0. The molecule has 0 aromatic carbocycles. The number of carbonyl (C=O) groups is 1. The topological polar surface area (TPSA) is 20.3 Å². The predicted octanol–water partition coefficient (Wildman–Crippen LogP) is 2.62. The van der Waals surface area contributed by atoms with Crippen LogP contribution in [-0.4, -0.2) is 29.3 Å². The first-order chi connectivity index (χ1) is 7.18. The third-order valence-electron chi connectivity index (χ3n) is 3.51. The van der Waals surface area contributed by atoms with Gasteiger partial charge in [-0.3, -0.25) is 9.69 Å². The van der Waals surface area contributed by atoms with Crippen LogP contribution in [0.3, 0.4) is 0 Å². The Morgan fingerprint density at radius 1 is 1.27 bits per heavy atom. The van der Waals surface area contributed by atoms with Crippen LogP contribution in [0.4, 0.5) is 0 Å². The van der Waals surface area contributed by atoms with Crippen molar-refractivity contribution in [2.45, 2.75) is 64.5 Å². The molecule has 2 saturated carbocycles. The van der Waals surface area contributed by atoms with Gasteiger partial charge in [0.2, 0.25) is 0 Å². The van der Waals surface area contributed by atoms with Crippen LogP contribution in [0, 0.1) is 5.92 Å². The minimum atomic E-state index is 0.272. The van der Waals surface area contributed by atoms with Gasteiger partial charge in [-0.1, -0.05) is 20.3 Å². The van der Waals surface area contributed by atoms with E-state index in [4.69, 9.17) is 0 Å². The Morgan fingerprint density at radius 2 is 2.00 bits per heavy atom. The zero-order valence-electron chi connectivity index (χ0n) is 10.0. The van der Waals surface area contributed by atoms with Crippen LogP contribution in [0.15, 0.2) is 0 Å². The smallest absolute Gasteiger partial charge is 0.149 e. The molecule has 2 nitrogen and oxygen atoms in total. The summed E-state index contributed by atoms with van der Waals surface area (Å²) in [5.74, 6) is 1.19. The van der Waals surface area contributed by atoms with Crippen LogP contribution in [0.25, 0.3) is 0 Å². The molecule has 2 rings (SSSR count). The summed E-state index contributed by atoms with van der Waals surface area (Å²) in [6.45, 7) is 5.62. The molecule has 0 amide bonds. The van der Waals surface area contributed by atoms with E-state index in [0.717, 1.165) is 31.8 Å². The van der Waals surface area contributed by atoms with Crippen molar-refractivity contribution in [1.82, 2.24) is 4.90 Å². The number of hydrogen-bond donors (Lipinski definition) is 0. The fraction of sp³-hybridized carbons (Fsp3) is 0.923. The van der Waals surface area contributed by atoms with E-state index in [1.165, 1.54) is 19.3 Å². The van der Waals surface area contributed by atoms with Crippen molar-refractivity contribution < 1.29 is 4.79 Å². The fourth-order valence-electron chi connectivity index (χ4n) is 2.67. The van der Waals surface area contributed by atoms with Crippen molar-refractivity contribution in [3.05, 3.63) is 0 Å². The molecular formula is C13H23NO. The highest BCUT2D eigenvalue weighted by atomic mass is 16.1. The Labute approximate surface area is 93.0 Å². The molecule has 0 N–H and O–H groups in total. The molecule has 0 spiro atoms. The van der Waals surface area contributed by atoms with Gasteiger partial charge >= 0.3 is 0 Å². The summed E-state index contributed by atoms with van der Waals surface area (Å²) in [4.78, 5) is 14.4. The number of hydrogen-bond acceptors (Lipinski definition) is 2. The number of nitrogens with zero attached hydrogens (tertiary/aromatic N) is 1. The van der Waals surface area contributed by atoms with E-state index in [2.05, 4.69) is 18.7 Å². The molecule has 0 radical (unpaired) electrons. The number of rotatable bonds is 4. The minimum Gasteiger partial charge on any atom is -0.298 e. The Morgan fingerprint density at radius 3 is 2.53 bits per heavy atom. The van der Waals surface area contributed by atoms with E-state index in [1.54, 1.807) is 0 Å². The van der Waals surface area contributed by atoms with Crippen molar-refractivity contribution in [3.63, 3.8) is 0 Å². The fourth-order valence-corrected chi connectivity index (χ4v) is 2.67. The lowest BCUT2D eigenvalue weighted by atomic mass is 9.92. The maximum atomic E-state index is 11.9. The molecule has 2 heteroatoms. The first kappa shape index (κ1) is 11.1. The second-order valence-corrected chi connectivity index (χ2v) is 5.55. The monoisotopic (exact) mass is 209 g/mol. The largest absolute Gasteiger partial charge is 0.298 e. The quantitative estimate of drug-likeness (QED) is 0.709. The highest BCUT2D eigenvalue weighted by molar-refractivity contribution is 5.84. The third-order valence-corrected chi connectivity index (χ3v) is 3.51. The van der Waals surface area contributed by atoms with Crippen molar-refractivity contribution in [1.29, 1.82) is 0 Å². The van der Waals surface area contributed by atoms with Gasteiger partial charge in [0.25, 0.3) is 0 Å². The van der Waals surface area contributed by atoms with Gasteiger partial charge in [-0.2, -0.15) is 0 Å². The van der Waals surface area contributed by atoms with Gasteiger partial charge in [0.1, 0.15) is 5.78 Å². The summed E-state index contributed by atoms with van der Waals surface area (Å²) in [6.07, 6.45) is 6.94. The summed E-state index contributed by atoms with van der Waals surface area (Å²) in [5, 5.41) is 0. The van der Waals surface area contributed by atoms with Crippen LogP contribution in [0.2, 0.25) is 0 Å². The van der Waals surface area contributed by atoms with E-state index in [1.807, 2.05) is 0 Å². The second kappa shape index (κ2) is 4.65. The van der Waals surface area contributed by atoms with E-state index in [9.17, 15) is 4.79 Å². The van der Waals surface area contributed by atoms with Gasteiger partial charge in [0.05, 0.1) is 6.04 Å². The molecule has 2 fully saturated rings. The first-order valence-electron chi connectivity index (χ1n) is 6.47. The highest BCUT2D eigenvalue weighted by Crippen LogP contribution is 2.32. The third kappa shape index (κ3) is 2.81. The van der Waals surface area contributed by atoms with Crippen molar-refractivity contribution in [2.75, 3.05) is 6.54 Å².